The molecule has 108 valence electrons. The van der Waals surface area contributed by atoms with Crippen molar-refractivity contribution in [3.05, 3.63) is 28.8 Å². The van der Waals surface area contributed by atoms with Crippen LogP contribution in [0.5, 0.6) is 0 Å². The Morgan fingerprint density at radius 2 is 2.45 bits per heavy atom. The molecule has 2 atom stereocenters. The van der Waals surface area contributed by atoms with Crippen LogP contribution in [0.2, 0.25) is 0 Å². The van der Waals surface area contributed by atoms with Gasteiger partial charge in [0.25, 0.3) is 0 Å². The molecular formula is C13H19N5OS. The molecule has 1 aliphatic heterocycles. The minimum atomic E-state index is 0.0509. The third-order valence-corrected chi connectivity index (χ3v) is 4.16. The van der Waals surface area contributed by atoms with Gasteiger partial charge in [-0.3, -0.25) is 5.10 Å². The largest absolute Gasteiger partial charge is 0.370 e. The van der Waals surface area contributed by atoms with E-state index < -0.39 is 0 Å². The first-order valence-corrected chi connectivity index (χ1v) is 7.68. The Morgan fingerprint density at radius 1 is 1.55 bits per heavy atom. The number of hydrogen-bond donors (Lipinski definition) is 2. The molecule has 0 spiro atoms. The van der Waals surface area contributed by atoms with E-state index in [1.165, 1.54) is 11.5 Å². The zero-order valence-corrected chi connectivity index (χ0v) is 12.5. The highest BCUT2D eigenvalue weighted by molar-refractivity contribution is 7.05. The first kappa shape index (κ1) is 13.7. The number of nitrogens with one attached hydrogen (secondary N) is 2. The van der Waals surface area contributed by atoms with Crippen molar-refractivity contribution < 1.29 is 4.74 Å². The van der Waals surface area contributed by atoms with Crippen LogP contribution in [0.3, 0.4) is 0 Å². The minimum Gasteiger partial charge on any atom is -0.370 e. The van der Waals surface area contributed by atoms with Crippen LogP contribution in [-0.4, -0.2) is 32.2 Å². The SMILES string of the molecule is CC(C)c1nsc(CN[C@@H]2CCO[C@H]2c2ccn[nH]2)n1. The molecule has 20 heavy (non-hydrogen) atoms. The molecule has 0 amide bonds. The summed E-state index contributed by atoms with van der Waals surface area (Å²) in [4.78, 5) is 4.54. The van der Waals surface area contributed by atoms with Crippen molar-refractivity contribution >= 4 is 11.5 Å². The predicted octanol–water partition coefficient (Wildman–Crippen LogP) is 2.00. The standard InChI is InChI=1S/C13H19N5OS/c1-8(2)13-16-11(20-18-13)7-14-9-4-6-19-12(9)10-3-5-15-17-10/h3,5,8-9,12,14H,4,6-7H2,1-2H3,(H,15,17)/t9-,12-/m1/s1. The van der Waals surface area contributed by atoms with Gasteiger partial charge in [0.05, 0.1) is 5.69 Å². The van der Waals surface area contributed by atoms with Crippen LogP contribution >= 0.6 is 11.5 Å². The summed E-state index contributed by atoms with van der Waals surface area (Å²) in [5, 5.41) is 11.5. The Hall–Kier alpha value is -1.31. The number of nitrogens with zero attached hydrogens (tertiary/aromatic N) is 3. The molecule has 2 aromatic rings. The first-order chi connectivity index (χ1) is 9.74. The molecule has 1 fully saturated rings. The zero-order chi connectivity index (χ0) is 13.9. The zero-order valence-electron chi connectivity index (χ0n) is 11.7. The minimum absolute atomic E-state index is 0.0509. The summed E-state index contributed by atoms with van der Waals surface area (Å²) >= 11 is 1.48. The Balaban J connectivity index is 1.59. The quantitative estimate of drug-likeness (QED) is 0.882. The molecule has 2 aromatic heterocycles. The van der Waals surface area contributed by atoms with Gasteiger partial charge >= 0.3 is 0 Å². The monoisotopic (exact) mass is 293 g/mol. The highest BCUT2D eigenvalue weighted by Crippen LogP contribution is 2.27. The van der Waals surface area contributed by atoms with E-state index in [4.69, 9.17) is 4.74 Å². The van der Waals surface area contributed by atoms with Crippen LogP contribution in [0.15, 0.2) is 12.3 Å². The lowest BCUT2D eigenvalue weighted by atomic mass is 10.1. The Bertz CT molecular complexity index is 539. The van der Waals surface area contributed by atoms with Gasteiger partial charge in [-0.1, -0.05) is 13.8 Å². The lowest BCUT2D eigenvalue weighted by Gasteiger charge is -2.17. The summed E-state index contributed by atoms with van der Waals surface area (Å²) in [5.74, 6) is 1.31. The third kappa shape index (κ3) is 2.89. The van der Waals surface area contributed by atoms with E-state index in [0.29, 0.717) is 12.0 Å². The summed E-state index contributed by atoms with van der Waals surface area (Å²) in [6, 6.07) is 2.26. The molecule has 0 aromatic carbocycles. The van der Waals surface area contributed by atoms with Gasteiger partial charge in [0.2, 0.25) is 0 Å². The van der Waals surface area contributed by atoms with Gasteiger partial charge in [0.15, 0.2) is 0 Å². The molecule has 0 aliphatic carbocycles. The summed E-state index contributed by atoms with van der Waals surface area (Å²) in [6.07, 6.45) is 2.81. The number of rotatable bonds is 5. The summed E-state index contributed by atoms with van der Waals surface area (Å²) in [7, 11) is 0. The van der Waals surface area contributed by atoms with E-state index in [0.717, 1.165) is 36.1 Å². The second kappa shape index (κ2) is 5.99. The van der Waals surface area contributed by atoms with Gasteiger partial charge in [-0.2, -0.15) is 9.47 Å². The van der Waals surface area contributed by atoms with Gasteiger partial charge in [-0.25, -0.2) is 4.98 Å². The van der Waals surface area contributed by atoms with E-state index in [2.05, 4.69) is 38.7 Å². The molecule has 0 unspecified atom stereocenters. The fourth-order valence-corrected chi connectivity index (χ4v) is 3.06. The second-order valence-electron chi connectivity index (χ2n) is 5.28. The normalized spacial score (nSPS) is 22.8. The maximum Gasteiger partial charge on any atom is 0.145 e. The van der Waals surface area contributed by atoms with Gasteiger partial charge in [0.1, 0.15) is 16.9 Å². The van der Waals surface area contributed by atoms with Crippen molar-refractivity contribution in [3.63, 3.8) is 0 Å². The molecule has 3 heterocycles. The fourth-order valence-electron chi connectivity index (χ4n) is 2.32. The van der Waals surface area contributed by atoms with E-state index in [1.807, 2.05) is 6.07 Å². The highest BCUT2D eigenvalue weighted by Gasteiger charge is 2.30. The van der Waals surface area contributed by atoms with Crippen LogP contribution in [0.1, 0.15) is 48.8 Å². The lowest BCUT2D eigenvalue weighted by molar-refractivity contribution is 0.0950. The first-order valence-electron chi connectivity index (χ1n) is 6.91. The van der Waals surface area contributed by atoms with Gasteiger partial charge in [-0.15, -0.1) is 0 Å². The highest BCUT2D eigenvalue weighted by atomic mass is 32.1. The molecule has 0 radical (unpaired) electrons. The van der Waals surface area contributed by atoms with Gasteiger partial charge in [0, 0.05) is 31.3 Å². The molecule has 1 saturated heterocycles. The van der Waals surface area contributed by atoms with Crippen molar-refractivity contribution in [1.29, 1.82) is 0 Å². The van der Waals surface area contributed by atoms with Crippen molar-refractivity contribution in [2.45, 2.75) is 44.9 Å². The van der Waals surface area contributed by atoms with Crippen molar-refractivity contribution in [2.75, 3.05) is 6.61 Å². The fraction of sp³-hybridized carbons (Fsp3) is 0.615. The van der Waals surface area contributed by atoms with Crippen LogP contribution in [0, 0.1) is 0 Å². The van der Waals surface area contributed by atoms with Crippen molar-refractivity contribution in [3.8, 4) is 0 Å². The van der Waals surface area contributed by atoms with Gasteiger partial charge in [-0.05, 0) is 24.0 Å². The summed E-state index contributed by atoms with van der Waals surface area (Å²) in [6.45, 7) is 5.73. The smallest absolute Gasteiger partial charge is 0.145 e. The second-order valence-corrected chi connectivity index (χ2v) is 6.12. The van der Waals surface area contributed by atoms with Crippen LogP contribution in [0.4, 0.5) is 0 Å². The van der Waals surface area contributed by atoms with Crippen LogP contribution in [0.25, 0.3) is 0 Å². The molecule has 0 bridgehead atoms. The maximum absolute atomic E-state index is 5.78. The maximum atomic E-state index is 5.78. The molecule has 7 heteroatoms. The number of H-pyrrole nitrogens is 1. The molecule has 3 rings (SSSR count). The Morgan fingerprint density at radius 3 is 3.15 bits per heavy atom. The molecule has 0 saturated carbocycles. The van der Waals surface area contributed by atoms with Crippen LogP contribution < -0.4 is 5.32 Å². The predicted molar refractivity (Wildman–Crippen MR) is 76.5 cm³/mol. The Labute approximate surface area is 122 Å². The molecule has 1 aliphatic rings. The van der Waals surface area contributed by atoms with Crippen LogP contribution in [-0.2, 0) is 11.3 Å². The molecular weight excluding hydrogens is 274 g/mol. The van der Waals surface area contributed by atoms with E-state index in [1.54, 1.807) is 6.20 Å². The Kier molecular flexibility index (Phi) is 4.09. The number of aromatic nitrogens is 4. The summed E-state index contributed by atoms with van der Waals surface area (Å²) in [5.41, 5.74) is 1.03. The lowest BCUT2D eigenvalue weighted by Crippen LogP contribution is -2.31. The number of hydrogen-bond acceptors (Lipinski definition) is 6. The van der Waals surface area contributed by atoms with Crippen molar-refractivity contribution in [1.82, 2.24) is 24.9 Å². The molecule has 2 N–H and O–H groups in total. The average Bonchev–Trinajstić information content (AvgIpc) is 3.17. The number of ether oxygens (including phenoxy) is 1. The molecule has 6 nitrogen and oxygen atoms in total. The van der Waals surface area contributed by atoms with Crippen molar-refractivity contribution in [2.24, 2.45) is 0 Å². The number of aromatic amines is 1. The topological polar surface area (TPSA) is 75.7 Å². The van der Waals surface area contributed by atoms with E-state index in [-0.39, 0.29) is 6.10 Å². The van der Waals surface area contributed by atoms with E-state index in [9.17, 15) is 0 Å². The summed E-state index contributed by atoms with van der Waals surface area (Å²) < 4.78 is 10.1. The third-order valence-electron chi connectivity index (χ3n) is 3.44. The average molecular weight is 293 g/mol. The van der Waals surface area contributed by atoms with E-state index >= 15 is 0 Å². The van der Waals surface area contributed by atoms with Gasteiger partial charge < -0.3 is 10.1 Å².